The van der Waals surface area contributed by atoms with Crippen molar-refractivity contribution in [1.82, 2.24) is 9.80 Å². The summed E-state index contributed by atoms with van der Waals surface area (Å²) in [7, 11) is 2.25. The van der Waals surface area contributed by atoms with Gasteiger partial charge in [0.25, 0.3) is 0 Å². The third-order valence-electron chi connectivity index (χ3n) is 3.95. The highest BCUT2D eigenvalue weighted by molar-refractivity contribution is 4.80. The maximum absolute atomic E-state index is 2.69. The minimum Gasteiger partial charge on any atom is -0.306 e. The second-order valence-corrected chi connectivity index (χ2v) is 5.24. The van der Waals surface area contributed by atoms with Gasteiger partial charge in [-0.2, -0.15) is 0 Å². The molecular formula is C12H24N2. The minimum absolute atomic E-state index is 0.954. The molecule has 0 aromatic rings. The van der Waals surface area contributed by atoms with Crippen LogP contribution in [0.1, 0.15) is 26.2 Å². The molecule has 2 heteroatoms. The first-order chi connectivity index (χ1) is 6.78. The molecule has 2 nitrogen and oxygen atoms in total. The van der Waals surface area contributed by atoms with Crippen LogP contribution in [-0.2, 0) is 0 Å². The summed E-state index contributed by atoms with van der Waals surface area (Å²) in [5.41, 5.74) is 0. The van der Waals surface area contributed by atoms with Gasteiger partial charge in [-0.05, 0) is 44.8 Å². The van der Waals surface area contributed by atoms with E-state index in [9.17, 15) is 0 Å². The molecule has 0 saturated carbocycles. The maximum Gasteiger partial charge on any atom is 0.00225 e. The molecule has 0 N–H and O–H groups in total. The zero-order valence-electron chi connectivity index (χ0n) is 9.71. The van der Waals surface area contributed by atoms with Crippen LogP contribution < -0.4 is 0 Å². The molecule has 2 fully saturated rings. The number of likely N-dealkylation sites (tertiary alicyclic amines) is 2. The summed E-state index contributed by atoms with van der Waals surface area (Å²) in [4.78, 5) is 5.16. The Kier molecular flexibility index (Phi) is 3.45. The van der Waals surface area contributed by atoms with Gasteiger partial charge in [0, 0.05) is 19.6 Å². The van der Waals surface area contributed by atoms with Crippen LogP contribution in [0.3, 0.4) is 0 Å². The molecule has 2 saturated heterocycles. The standard InChI is InChI=1S/C12H24N2/c1-3-11-5-7-14(9-11)10-12-4-6-13(2)8-12/h11-12H,3-10H2,1-2H3. The van der Waals surface area contributed by atoms with E-state index < -0.39 is 0 Å². The second kappa shape index (κ2) is 4.63. The van der Waals surface area contributed by atoms with Crippen LogP contribution in [0.5, 0.6) is 0 Å². The maximum atomic E-state index is 2.69. The Morgan fingerprint density at radius 2 is 1.86 bits per heavy atom. The Morgan fingerprint density at radius 1 is 1.07 bits per heavy atom. The van der Waals surface area contributed by atoms with Crippen molar-refractivity contribution in [2.45, 2.75) is 26.2 Å². The molecule has 0 aromatic carbocycles. The molecule has 0 spiro atoms. The van der Waals surface area contributed by atoms with E-state index in [1.165, 1.54) is 52.0 Å². The summed E-state index contributed by atoms with van der Waals surface area (Å²) < 4.78 is 0. The lowest BCUT2D eigenvalue weighted by Gasteiger charge is -2.20. The van der Waals surface area contributed by atoms with Crippen molar-refractivity contribution < 1.29 is 0 Å². The monoisotopic (exact) mass is 196 g/mol. The van der Waals surface area contributed by atoms with Crippen molar-refractivity contribution in [2.24, 2.45) is 11.8 Å². The summed E-state index contributed by atoms with van der Waals surface area (Å²) in [5, 5.41) is 0. The van der Waals surface area contributed by atoms with E-state index >= 15 is 0 Å². The third-order valence-corrected chi connectivity index (χ3v) is 3.95. The van der Waals surface area contributed by atoms with Gasteiger partial charge in [-0.25, -0.2) is 0 Å². The first-order valence-electron chi connectivity index (χ1n) is 6.18. The second-order valence-electron chi connectivity index (χ2n) is 5.24. The third kappa shape index (κ3) is 2.48. The van der Waals surface area contributed by atoms with Gasteiger partial charge in [0.2, 0.25) is 0 Å². The predicted molar refractivity (Wildman–Crippen MR) is 60.4 cm³/mol. The Balaban J connectivity index is 1.71. The van der Waals surface area contributed by atoms with Crippen molar-refractivity contribution in [1.29, 1.82) is 0 Å². The van der Waals surface area contributed by atoms with E-state index in [2.05, 4.69) is 23.8 Å². The molecule has 2 aliphatic heterocycles. The molecule has 0 amide bonds. The zero-order valence-corrected chi connectivity index (χ0v) is 9.71. The molecule has 2 rings (SSSR count). The zero-order chi connectivity index (χ0) is 9.97. The Morgan fingerprint density at radius 3 is 2.43 bits per heavy atom. The molecule has 2 heterocycles. The molecule has 0 radical (unpaired) electrons. The number of rotatable bonds is 3. The molecule has 2 unspecified atom stereocenters. The van der Waals surface area contributed by atoms with Crippen LogP contribution in [0.15, 0.2) is 0 Å². The highest BCUT2D eigenvalue weighted by Gasteiger charge is 2.26. The largest absolute Gasteiger partial charge is 0.306 e. The lowest BCUT2D eigenvalue weighted by Crippen LogP contribution is -2.28. The molecule has 82 valence electrons. The highest BCUT2D eigenvalue weighted by atomic mass is 15.2. The van der Waals surface area contributed by atoms with Gasteiger partial charge in [0.1, 0.15) is 0 Å². The number of hydrogen-bond donors (Lipinski definition) is 0. The smallest absolute Gasteiger partial charge is 0.00225 e. The minimum atomic E-state index is 0.954. The van der Waals surface area contributed by atoms with Gasteiger partial charge in [0.05, 0.1) is 0 Å². The lowest BCUT2D eigenvalue weighted by molar-refractivity contribution is 0.266. The van der Waals surface area contributed by atoms with Crippen molar-refractivity contribution in [2.75, 3.05) is 39.8 Å². The topological polar surface area (TPSA) is 6.48 Å². The number of nitrogens with zero attached hydrogens (tertiary/aromatic N) is 2. The summed E-state index contributed by atoms with van der Waals surface area (Å²) in [6.07, 6.45) is 4.24. The fourth-order valence-electron chi connectivity index (χ4n) is 2.95. The van der Waals surface area contributed by atoms with Crippen LogP contribution in [0.4, 0.5) is 0 Å². The van der Waals surface area contributed by atoms with Crippen molar-refractivity contribution in [3.8, 4) is 0 Å². The van der Waals surface area contributed by atoms with Crippen LogP contribution in [-0.4, -0.2) is 49.6 Å². The van der Waals surface area contributed by atoms with Crippen LogP contribution in [0, 0.1) is 11.8 Å². The van der Waals surface area contributed by atoms with E-state index in [-0.39, 0.29) is 0 Å². The summed E-state index contributed by atoms with van der Waals surface area (Å²) >= 11 is 0. The van der Waals surface area contributed by atoms with Crippen molar-refractivity contribution in [3.05, 3.63) is 0 Å². The molecule has 0 aliphatic carbocycles. The average molecular weight is 196 g/mol. The van der Waals surface area contributed by atoms with Gasteiger partial charge in [-0.1, -0.05) is 13.3 Å². The average Bonchev–Trinajstić information content (AvgIpc) is 2.76. The van der Waals surface area contributed by atoms with E-state index in [0.717, 1.165) is 11.8 Å². The molecular weight excluding hydrogens is 172 g/mol. The van der Waals surface area contributed by atoms with Crippen LogP contribution in [0.25, 0.3) is 0 Å². The van der Waals surface area contributed by atoms with Gasteiger partial charge < -0.3 is 9.80 Å². The number of hydrogen-bond acceptors (Lipinski definition) is 2. The van der Waals surface area contributed by atoms with E-state index in [4.69, 9.17) is 0 Å². The van der Waals surface area contributed by atoms with E-state index in [1.807, 2.05) is 0 Å². The Bertz CT molecular complexity index is 181. The normalized spacial score (nSPS) is 35.6. The first kappa shape index (κ1) is 10.4. The van der Waals surface area contributed by atoms with Gasteiger partial charge in [-0.3, -0.25) is 0 Å². The fourth-order valence-corrected chi connectivity index (χ4v) is 2.95. The van der Waals surface area contributed by atoms with Gasteiger partial charge in [-0.15, -0.1) is 0 Å². The fraction of sp³-hybridized carbons (Fsp3) is 1.00. The van der Waals surface area contributed by atoms with Crippen molar-refractivity contribution >= 4 is 0 Å². The van der Waals surface area contributed by atoms with Crippen LogP contribution >= 0.6 is 0 Å². The highest BCUT2D eigenvalue weighted by Crippen LogP contribution is 2.22. The van der Waals surface area contributed by atoms with Crippen LogP contribution in [0.2, 0.25) is 0 Å². The van der Waals surface area contributed by atoms with Crippen molar-refractivity contribution in [3.63, 3.8) is 0 Å². The van der Waals surface area contributed by atoms with Gasteiger partial charge >= 0.3 is 0 Å². The molecule has 0 bridgehead atoms. The van der Waals surface area contributed by atoms with E-state index in [1.54, 1.807) is 0 Å². The summed E-state index contributed by atoms with van der Waals surface area (Å²) in [5.74, 6) is 1.95. The molecule has 2 aliphatic rings. The quantitative estimate of drug-likeness (QED) is 0.677. The Hall–Kier alpha value is -0.0800. The lowest BCUT2D eigenvalue weighted by atomic mass is 10.1. The molecule has 2 atom stereocenters. The van der Waals surface area contributed by atoms with E-state index in [0.29, 0.717) is 0 Å². The molecule has 0 aromatic heterocycles. The Labute approximate surface area is 88.3 Å². The summed E-state index contributed by atoms with van der Waals surface area (Å²) in [6, 6.07) is 0. The van der Waals surface area contributed by atoms with Gasteiger partial charge in [0.15, 0.2) is 0 Å². The predicted octanol–water partition coefficient (Wildman–Crippen LogP) is 1.67. The molecule has 14 heavy (non-hydrogen) atoms. The first-order valence-corrected chi connectivity index (χ1v) is 6.18. The summed E-state index contributed by atoms with van der Waals surface area (Å²) in [6.45, 7) is 9.07. The SMILES string of the molecule is CCC1CCN(CC2CCN(C)C2)C1.